The van der Waals surface area contributed by atoms with Crippen LogP contribution in [0, 0.1) is 11.8 Å². The highest BCUT2D eigenvalue weighted by Crippen LogP contribution is 2.28. The number of aliphatic hydroxyl groups is 1. The quantitative estimate of drug-likeness (QED) is 0.732. The number of hydrogen-bond donors (Lipinski definition) is 2. The molecule has 0 spiro atoms. The van der Waals surface area contributed by atoms with Crippen LogP contribution >= 0.6 is 0 Å². The molecule has 3 N–H and O–H groups in total. The van der Waals surface area contributed by atoms with E-state index in [1.165, 1.54) is 6.33 Å². The van der Waals surface area contributed by atoms with Crippen molar-refractivity contribution in [3.8, 4) is 11.8 Å². The molecule has 2 aromatic rings. The molecular weight excluding hydrogens is 258 g/mol. The van der Waals surface area contributed by atoms with Crippen LogP contribution < -0.4 is 5.73 Å². The molecule has 0 aliphatic carbocycles. The van der Waals surface area contributed by atoms with Crippen molar-refractivity contribution in [2.24, 2.45) is 0 Å². The second-order valence-electron chi connectivity index (χ2n) is 4.52. The summed E-state index contributed by atoms with van der Waals surface area (Å²) in [6.07, 6.45) is 4.27. The van der Waals surface area contributed by atoms with Crippen molar-refractivity contribution in [1.29, 1.82) is 0 Å². The molecule has 0 amide bonds. The molecule has 0 bridgehead atoms. The molecule has 3 rings (SSSR count). The van der Waals surface area contributed by atoms with Crippen LogP contribution in [0.15, 0.2) is 6.33 Å². The number of aliphatic hydroxyl groups excluding tert-OH is 1. The lowest BCUT2D eigenvalue weighted by molar-refractivity contribution is -0.0302. The van der Waals surface area contributed by atoms with Gasteiger partial charge in [-0.3, -0.25) is 4.57 Å². The summed E-state index contributed by atoms with van der Waals surface area (Å²) in [7, 11) is 0. The molecule has 0 radical (unpaired) electrons. The van der Waals surface area contributed by atoms with E-state index in [-0.39, 0.29) is 12.8 Å². The van der Waals surface area contributed by atoms with Crippen LogP contribution in [0.1, 0.15) is 31.3 Å². The Bertz CT molecular complexity index is 679. The van der Waals surface area contributed by atoms with Gasteiger partial charge in [0.05, 0.1) is 0 Å². The Labute approximate surface area is 115 Å². The number of fused-ring (bicyclic) bond motifs is 1. The Morgan fingerprint density at radius 2 is 2.35 bits per heavy atom. The van der Waals surface area contributed by atoms with Gasteiger partial charge in [0.1, 0.15) is 19.2 Å². The molecular formula is C13H15N5O2. The van der Waals surface area contributed by atoms with Gasteiger partial charge in [-0.1, -0.05) is 5.92 Å². The third-order valence-corrected chi connectivity index (χ3v) is 3.23. The zero-order valence-corrected chi connectivity index (χ0v) is 10.9. The minimum Gasteiger partial charge on any atom is -0.384 e. The fraction of sp³-hybridized carbons (Fsp3) is 0.462. The standard InChI is InChI=1S/C13H15N5O2/c14-12-11-13(16-8-15-12)18(9(17-11)4-3-6-19)10-5-1-2-7-20-10/h8,10,19H,1-2,5-7H2,(H2,14,15,16)/t10-/m1/s1. The maximum Gasteiger partial charge on any atom is 0.189 e. The third-order valence-electron chi connectivity index (χ3n) is 3.23. The molecule has 7 heteroatoms. The Hall–Kier alpha value is -2.17. The first-order chi connectivity index (χ1) is 9.81. The van der Waals surface area contributed by atoms with Gasteiger partial charge in [-0.25, -0.2) is 15.0 Å². The number of nitrogens with zero attached hydrogens (tertiary/aromatic N) is 4. The minimum atomic E-state index is -0.226. The van der Waals surface area contributed by atoms with Gasteiger partial charge in [-0.15, -0.1) is 0 Å². The van der Waals surface area contributed by atoms with Crippen molar-refractivity contribution in [2.45, 2.75) is 25.5 Å². The molecule has 2 aromatic heterocycles. The average Bonchev–Trinajstić information content (AvgIpc) is 2.86. The van der Waals surface area contributed by atoms with Crippen LogP contribution in [0.25, 0.3) is 11.2 Å². The average molecular weight is 273 g/mol. The van der Waals surface area contributed by atoms with Gasteiger partial charge < -0.3 is 15.6 Å². The molecule has 0 saturated carbocycles. The van der Waals surface area contributed by atoms with E-state index in [1.807, 2.05) is 4.57 Å². The van der Waals surface area contributed by atoms with Gasteiger partial charge in [0, 0.05) is 6.61 Å². The maximum absolute atomic E-state index is 8.86. The van der Waals surface area contributed by atoms with E-state index in [4.69, 9.17) is 15.6 Å². The van der Waals surface area contributed by atoms with E-state index >= 15 is 0 Å². The van der Waals surface area contributed by atoms with Crippen molar-refractivity contribution in [3.05, 3.63) is 12.2 Å². The molecule has 1 atom stereocenters. The van der Waals surface area contributed by atoms with Crippen molar-refractivity contribution >= 4 is 17.0 Å². The van der Waals surface area contributed by atoms with E-state index in [1.54, 1.807) is 0 Å². The summed E-state index contributed by atoms with van der Waals surface area (Å²) in [5.74, 6) is 6.24. The van der Waals surface area contributed by atoms with E-state index in [0.717, 1.165) is 19.3 Å². The topological polar surface area (TPSA) is 99.1 Å². The first-order valence-corrected chi connectivity index (χ1v) is 6.51. The minimum absolute atomic E-state index is 0.147. The molecule has 7 nitrogen and oxygen atoms in total. The lowest BCUT2D eigenvalue weighted by Gasteiger charge is -2.24. The van der Waals surface area contributed by atoms with Crippen LogP contribution in [0.3, 0.4) is 0 Å². The largest absolute Gasteiger partial charge is 0.384 e. The van der Waals surface area contributed by atoms with Crippen molar-refractivity contribution in [3.63, 3.8) is 0 Å². The van der Waals surface area contributed by atoms with Crippen LogP contribution in [-0.2, 0) is 4.74 Å². The van der Waals surface area contributed by atoms with Crippen LogP contribution in [0.4, 0.5) is 5.82 Å². The zero-order valence-electron chi connectivity index (χ0n) is 10.9. The SMILES string of the molecule is Nc1ncnc2c1nc(C#CCO)n2[C@H]1CCCCO1. The zero-order chi connectivity index (χ0) is 13.9. The lowest BCUT2D eigenvalue weighted by atomic mass is 10.2. The van der Waals surface area contributed by atoms with Gasteiger partial charge in [-0.05, 0) is 25.2 Å². The number of nitrogen functional groups attached to an aromatic ring is 1. The van der Waals surface area contributed by atoms with Crippen LogP contribution in [0.5, 0.6) is 0 Å². The number of nitrogens with two attached hydrogens (primary N) is 1. The fourth-order valence-electron chi connectivity index (χ4n) is 2.33. The summed E-state index contributed by atoms with van der Waals surface area (Å²) in [6.45, 7) is 0.480. The second kappa shape index (κ2) is 5.45. The molecule has 1 aliphatic rings. The highest BCUT2D eigenvalue weighted by atomic mass is 16.5. The number of imidazole rings is 1. The lowest BCUT2D eigenvalue weighted by Crippen LogP contribution is -2.19. The highest BCUT2D eigenvalue weighted by Gasteiger charge is 2.23. The summed E-state index contributed by atoms with van der Waals surface area (Å²) in [5.41, 5.74) is 6.97. The summed E-state index contributed by atoms with van der Waals surface area (Å²) in [4.78, 5) is 12.6. The van der Waals surface area contributed by atoms with E-state index in [9.17, 15) is 0 Å². The van der Waals surface area contributed by atoms with E-state index < -0.39 is 0 Å². The maximum atomic E-state index is 8.86. The van der Waals surface area contributed by atoms with Gasteiger partial charge >= 0.3 is 0 Å². The third kappa shape index (κ3) is 2.19. The Morgan fingerprint density at radius 3 is 3.10 bits per heavy atom. The van der Waals surface area contributed by atoms with Gasteiger partial charge in [-0.2, -0.15) is 0 Å². The van der Waals surface area contributed by atoms with E-state index in [2.05, 4.69) is 26.8 Å². The predicted molar refractivity (Wildman–Crippen MR) is 72.5 cm³/mol. The van der Waals surface area contributed by atoms with Crippen LogP contribution in [0.2, 0.25) is 0 Å². The smallest absolute Gasteiger partial charge is 0.189 e. The summed E-state index contributed by atoms with van der Waals surface area (Å²) < 4.78 is 7.62. The monoisotopic (exact) mass is 273 g/mol. The van der Waals surface area contributed by atoms with Gasteiger partial charge in [0.15, 0.2) is 22.8 Å². The number of hydrogen-bond acceptors (Lipinski definition) is 6. The molecule has 104 valence electrons. The molecule has 3 heterocycles. The van der Waals surface area contributed by atoms with Crippen molar-refractivity contribution in [1.82, 2.24) is 19.5 Å². The molecule has 0 aromatic carbocycles. The fourth-order valence-corrected chi connectivity index (χ4v) is 2.33. The number of aromatic nitrogens is 4. The Morgan fingerprint density at radius 1 is 1.45 bits per heavy atom. The molecule has 0 unspecified atom stereocenters. The predicted octanol–water partition coefficient (Wildman–Crippen LogP) is 0.451. The normalized spacial score (nSPS) is 18.8. The van der Waals surface area contributed by atoms with Gasteiger partial charge in [0.25, 0.3) is 0 Å². The van der Waals surface area contributed by atoms with Crippen molar-refractivity contribution in [2.75, 3.05) is 18.9 Å². The molecule has 1 aliphatic heterocycles. The van der Waals surface area contributed by atoms with Crippen molar-refractivity contribution < 1.29 is 9.84 Å². The highest BCUT2D eigenvalue weighted by molar-refractivity contribution is 5.82. The number of rotatable bonds is 1. The Balaban J connectivity index is 2.17. The Kier molecular flexibility index (Phi) is 3.50. The van der Waals surface area contributed by atoms with E-state index in [0.29, 0.717) is 29.4 Å². The van der Waals surface area contributed by atoms with Crippen LogP contribution in [-0.4, -0.2) is 37.8 Å². The molecule has 1 fully saturated rings. The number of anilines is 1. The summed E-state index contributed by atoms with van der Waals surface area (Å²) in [5, 5.41) is 8.86. The summed E-state index contributed by atoms with van der Waals surface area (Å²) >= 11 is 0. The second-order valence-corrected chi connectivity index (χ2v) is 4.52. The first-order valence-electron chi connectivity index (χ1n) is 6.51. The number of ether oxygens (including phenoxy) is 1. The molecule has 1 saturated heterocycles. The first kappa shape index (κ1) is 12.8. The summed E-state index contributed by atoms with van der Waals surface area (Å²) in [6, 6.07) is 0. The van der Waals surface area contributed by atoms with Gasteiger partial charge in [0.2, 0.25) is 0 Å². The molecule has 20 heavy (non-hydrogen) atoms.